The monoisotopic (exact) mass is 566 g/mol. The van der Waals surface area contributed by atoms with Crippen LogP contribution in [0, 0.1) is 28.4 Å². The zero-order valence-electron chi connectivity index (χ0n) is 22.0. The maximum Gasteiger partial charge on any atom is 0.324 e. The topological polar surface area (TPSA) is 88.4 Å². The van der Waals surface area contributed by atoms with Crippen molar-refractivity contribution in [1.29, 1.82) is 5.26 Å². The second kappa shape index (κ2) is 10.8. The molecule has 204 valence electrons. The first kappa shape index (κ1) is 29.8. The van der Waals surface area contributed by atoms with Crippen molar-refractivity contribution in [2.24, 2.45) is 5.41 Å². The standard InChI is InChI=1S/C28H30Cl2F2N2O4/c1-26(2,3)38-24(35)23-21(16-8-7-9-18(30)22(16)32)28(14-33,17-11-10-15(29)12-19(17)31)20(34-23)13-27(4,5)25(36)37-6/h7-12,20-21,23,34H,13H2,1-6H3/t20-,21-,23+,28-/m0/s1. The summed E-state index contributed by atoms with van der Waals surface area (Å²) < 4.78 is 41.9. The van der Waals surface area contributed by atoms with E-state index < -0.39 is 58.0 Å². The molecule has 4 atom stereocenters. The summed E-state index contributed by atoms with van der Waals surface area (Å²) in [4.78, 5) is 26.2. The van der Waals surface area contributed by atoms with Crippen molar-refractivity contribution in [1.82, 2.24) is 5.32 Å². The maximum absolute atomic E-state index is 15.6. The predicted molar refractivity (Wildman–Crippen MR) is 140 cm³/mol. The summed E-state index contributed by atoms with van der Waals surface area (Å²) in [5, 5.41) is 13.8. The molecule has 0 aliphatic carbocycles. The third-order valence-electron chi connectivity index (χ3n) is 6.75. The van der Waals surface area contributed by atoms with Crippen molar-refractivity contribution >= 4 is 35.1 Å². The average molecular weight is 567 g/mol. The molecule has 0 radical (unpaired) electrons. The van der Waals surface area contributed by atoms with Crippen LogP contribution in [-0.4, -0.2) is 36.7 Å². The lowest BCUT2D eigenvalue weighted by molar-refractivity contribution is -0.157. The Kier molecular flexibility index (Phi) is 8.47. The Bertz CT molecular complexity index is 1290. The van der Waals surface area contributed by atoms with Gasteiger partial charge in [0.05, 0.1) is 23.6 Å². The summed E-state index contributed by atoms with van der Waals surface area (Å²) in [6.45, 7) is 8.22. The number of rotatable bonds is 6. The molecule has 0 saturated carbocycles. The van der Waals surface area contributed by atoms with E-state index in [0.29, 0.717) is 0 Å². The molecule has 1 fully saturated rings. The second-order valence-corrected chi connectivity index (χ2v) is 11.9. The zero-order chi connectivity index (χ0) is 28.6. The summed E-state index contributed by atoms with van der Waals surface area (Å²) in [5.41, 5.74) is -4.17. The molecule has 10 heteroatoms. The molecule has 2 aromatic rings. The lowest BCUT2D eigenvalue weighted by Gasteiger charge is -2.37. The fourth-order valence-corrected chi connectivity index (χ4v) is 5.50. The Morgan fingerprint density at radius 1 is 1.13 bits per heavy atom. The first-order valence-corrected chi connectivity index (χ1v) is 12.7. The Balaban J connectivity index is 2.38. The van der Waals surface area contributed by atoms with E-state index in [9.17, 15) is 14.9 Å². The molecule has 0 amide bonds. The van der Waals surface area contributed by atoms with Gasteiger partial charge in [-0.25, -0.2) is 8.78 Å². The number of hydrogen-bond acceptors (Lipinski definition) is 6. The molecule has 0 spiro atoms. The summed E-state index contributed by atoms with van der Waals surface area (Å²) in [6.07, 6.45) is -0.0622. The van der Waals surface area contributed by atoms with E-state index in [0.717, 1.165) is 6.07 Å². The van der Waals surface area contributed by atoms with Gasteiger partial charge < -0.3 is 9.47 Å². The normalized spacial score (nSPS) is 23.6. The molecule has 1 N–H and O–H groups in total. The number of nitrogens with zero attached hydrogens (tertiary/aromatic N) is 1. The SMILES string of the molecule is COC(=O)C(C)(C)C[C@@H]1N[C@@H](C(=O)OC(C)(C)C)[C@H](c2cccc(Cl)c2F)[C@@]1(C#N)c1ccc(Cl)cc1F. The minimum atomic E-state index is -1.90. The van der Waals surface area contributed by atoms with Gasteiger partial charge in [0, 0.05) is 22.5 Å². The third kappa shape index (κ3) is 5.51. The highest BCUT2D eigenvalue weighted by atomic mass is 35.5. The molecule has 0 aromatic heterocycles. The van der Waals surface area contributed by atoms with Gasteiger partial charge in [-0.3, -0.25) is 14.9 Å². The van der Waals surface area contributed by atoms with Crippen LogP contribution in [-0.2, 0) is 24.5 Å². The van der Waals surface area contributed by atoms with Crippen LogP contribution in [0.5, 0.6) is 0 Å². The minimum Gasteiger partial charge on any atom is -0.469 e. The average Bonchev–Trinajstić information content (AvgIpc) is 3.13. The molecule has 6 nitrogen and oxygen atoms in total. The first-order valence-electron chi connectivity index (χ1n) is 12.0. The van der Waals surface area contributed by atoms with E-state index in [1.165, 1.54) is 37.4 Å². The molecule has 3 rings (SSSR count). The van der Waals surface area contributed by atoms with E-state index in [4.69, 9.17) is 32.7 Å². The van der Waals surface area contributed by atoms with Crippen LogP contribution in [0.3, 0.4) is 0 Å². The highest BCUT2D eigenvalue weighted by Gasteiger charge is 2.62. The number of nitriles is 1. The van der Waals surface area contributed by atoms with Crippen LogP contribution in [0.4, 0.5) is 8.78 Å². The predicted octanol–water partition coefficient (Wildman–Crippen LogP) is 6.09. The Morgan fingerprint density at radius 2 is 1.79 bits per heavy atom. The van der Waals surface area contributed by atoms with Gasteiger partial charge in [0.25, 0.3) is 0 Å². The van der Waals surface area contributed by atoms with Crippen LogP contribution in [0.1, 0.15) is 58.1 Å². The molecule has 38 heavy (non-hydrogen) atoms. The zero-order valence-corrected chi connectivity index (χ0v) is 23.5. The molecule has 0 unspecified atom stereocenters. The van der Waals surface area contributed by atoms with Gasteiger partial charge in [0.2, 0.25) is 0 Å². The van der Waals surface area contributed by atoms with Gasteiger partial charge in [0.15, 0.2) is 0 Å². The summed E-state index contributed by atoms with van der Waals surface area (Å²) in [5.74, 6) is -4.31. The van der Waals surface area contributed by atoms with Gasteiger partial charge in [-0.15, -0.1) is 0 Å². The number of nitrogens with one attached hydrogen (secondary N) is 1. The van der Waals surface area contributed by atoms with Crippen LogP contribution in [0.15, 0.2) is 36.4 Å². The Morgan fingerprint density at radius 3 is 2.34 bits per heavy atom. The molecule has 1 aliphatic heterocycles. The number of halogens is 4. The van der Waals surface area contributed by atoms with Crippen LogP contribution in [0.2, 0.25) is 10.0 Å². The van der Waals surface area contributed by atoms with Crippen molar-refractivity contribution in [2.75, 3.05) is 7.11 Å². The van der Waals surface area contributed by atoms with Gasteiger partial charge >= 0.3 is 11.9 Å². The van der Waals surface area contributed by atoms with E-state index in [-0.39, 0.29) is 27.6 Å². The highest BCUT2D eigenvalue weighted by molar-refractivity contribution is 6.31. The molecular formula is C28H30Cl2F2N2O4. The van der Waals surface area contributed by atoms with Crippen LogP contribution < -0.4 is 5.32 Å². The number of ether oxygens (including phenoxy) is 2. The Labute approximate surface area is 231 Å². The maximum atomic E-state index is 15.6. The van der Waals surface area contributed by atoms with Gasteiger partial charge in [0.1, 0.15) is 28.7 Å². The van der Waals surface area contributed by atoms with Crippen molar-refractivity contribution in [3.63, 3.8) is 0 Å². The molecule has 2 aromatic carbocycles. The number of esters is 2. The highest BCUT2D eigenvalue weighted by Crippen LogP contribution is 2.53. The number of methoxy groups -OCH3 is 1. The van der Waals surface area contributed by atoms with Crippen LogP contribution >= 0.6 is 23.2 Å². The first-order chi connectivity index (χ1) is 17.6. The van der Waals surface area contributed by atoms with Crippen molar-refractivity contribution in [3.8, 4) is 6.07 Å². The number of benzene rings is 2. The number of hydrogen-bond donors (Lipinski definition) is 1. The second-order valence-electron chi connectivity index (χ2n) is 11.0. The number of carbonyl (C=O) groups excluding carboxylic acids is 2. The third-order valence-corrected chi connectivity index (χ3v) is 7.27. The van der Waals surface area contributed by atoms with E-state index in [1.807, 2.05) is 0 Å². The smallest absolute Gasteiger partial charge is 0.324 e. The fourth-order valence-electron chi connectivity index (χ4n) is 5.16. The summed E-state index contributed by atoms with van der Waals surface area (Å²) in [6, 6.07) is 7.90. The van der Waals surface area contributed by atoms with Crippen molar-refractivity contribution in [2.45, 2.75) is 70.1 Å². The molecular weight excluding hydrogens is 537 g/mol. The van der Waals surface area contributed by atoms with Crippen LogP contribution in [0.25, 0.3) is 0 Å². The molecule has 1 aliphatic rings. The number of carbonyl (C=O) groups is 2. The van der Waals surface area contributed by atoms with Gasteiger partial charge in [-0.05, 0) is 64.8 Å². The lowest BCUT2D eigenvalue weighted by Crippen LogP contribution is -2.46. The van der Waals surface area contributed by atoms with Crippen molar-refractivity contribution < 1.29 is 27.8 Å². The van der Waals surface area contributed by atoms with E-state index in [2.05, 4.69) is 11.4 Å². The molecule has 0 bridgehead atoms. The minimum absolute atomic E-state index is 0.0622. The Hall–Kier alpha value is -2.73. The molecule has 1 heterocycles. The summed E-state index contributed by atoms with van der Waals surface area (Å²) >= 11 is 12.1. The van der Waals surface area contributed by atoms with Crippen molar-refractivity contribution in [3.05, 3.63) is 69.2 Å². The largest absolute Gasteiger partial charge is 0.469 e. The fraction of sp³-hybridized carbons (Fsp3) is 0.464. The van der Waals surface area contributed by atoms with Gasteiger partial charge in [-0.1, -0.05) is 41.4 Å². The van der Waals surface area contributed by atoms with E-state index in [1.54, 1.807) is 34.6 Å². The lowest BCUT2D eigenvalue weighted by atomic mass is 9.62. The van der Waals surface area contributed by atoms with E-state index >= 15 is 8.78 Å². The molecule has 1 saturated heterocycles. The van der Waals surface area contributed by atoms with Gasteiger partial charge in [-0.2, -0.15) is 5.26 Å². The quantitative estimate of drug-likeness (QED) is 0.426. The summed E-state index contributed by atoms with van der Waals surface area (Å²) in [7, 11) is 1.23.